The number of fused-ring (bicyclic) bond motifs is 2. The Morgan fingerprint density at radius 3 is 1.25 bits per heavy atom. The van der Waals surface area contributed by atoms with E-state index in [4.69, 9.17) is 0 Å². The fraction of sp³-hybridized carbons (Fsp3) is 0.300. The van der Waals surface area contributed by atoms with Crippen LogP contribution in [0.5, 0.6) is 0 Å². The topological polar surface area (TPSA) is 0 Å². The van der Waals surface area contributed by atoms with E-state index in [9.17, 15) is 17.0 Å². The van der Waals surface area contributed by atoms with E-state index >= 15 is 0 Å². The van der Waals surface area contributed by atoms with Gasteiger partial charge in [-0.3, -0.25) is 0 Å². The zero-order valence-electron chi connectivity index (χ0n) is 27.2. The summed E-state index contributed by atoms with van der Waals surface area (Å²) in [7, 11) is 18.7. The van der Waals surface area contributed by atoms with Crippen molar-refractivity contribution in [1.82, 2.24) is 0 Å². The van der Waals surface area contributed by atoms with Crippen LogP contribution >= 0.6 is 17.0 Å². The Hall–Kier alpha value is -1.96. The summed E-state index contributed by atoms with van der Waals surface area (Å²) in [6.45, 7) is 14.4. The van der Waals surface area contributed by atoms with Crippen molar-refractivity contribution in [2.45, 2.75) is 69.1 Å². The summed E-state index contributed by atoms with van der Waals surface area (Å²) in [5, 5.41) is 0. The number of halogens is 2. The van der Waals surface area contributed by atoms with E-state index in [-0.39, 0.29) is 7.25 Å². The zero-order chi connectivity index (χ0) is 31.4. The number of allylic oxidation sites excluding steroid dienone is 2. The van der Waals surface area contributed by atoms with Gasteiger partial charge in [0.15, 0.2) is 0 Å². The maximum atomic E-state index is 9.36. The fourth-order valence-electron chi connectivity index (χ4n) is 10.3. The Morgan fingerprint density at radius 2 is 0.932 bits per heavy atom. The molecule has 0 nitrogen and oxygen atoms in total. The molecule has 0 N–H and O–H groups in total. The minimum absolute atomic E-state index is 0.0340. The second kappa shape index (κ2) is 10.3. The molecule has 0 aromatic heterocycles. The van der Waals surface area contributed by atoms with Gasteiger partial charge in [-0.2, -0.15) is 0 Å². The van der Waals surface area contributed by atoms with Gasteiger partial charge in [0.2, 0.25) is 0 Å². The molecular formula is C40H47Cl2SiZr. The molecule has 44 heavy (non-hydrogen) atoms. The van der Waals surface area contributed by atoms with E-state index in [0.717, 1.165) is 21.1 Å². The van der Waals surface area contributed by atoms with Crippen molar-refractivity contribution >= 4 is 35.1 Å². The van der Waals surface area contributed by atoms with Gasteiger partial charge in [-0.1, -0.05) is 0 Å². The van der Waals surface area contributed by atoms with Crippen LogP contribution < -0.4 is 0 Å². The van der Waals surface area contributed by atoms with Gasteiger partial charge in [0.05, 0.1) is 0 Å². The molecule has 0 fully saturated rings. The van der Waals surface area contributed by atoms with Gasteiger partial charge in [-0.15, -0.1) is 0 Å². The first kappa shape index (κ1) is 32.0. The normalized spacial score (nSPS) is 20.2. The van der Waals surface area contributed by atoms with Gasteiger partial charge < -0.3 is 0 Å². The third-order valence-electron chi connectivity index (χ3n) is 13.4. The molecule has 6 rings (SSSR count). The molecular weight excluding hydrogens is 671 g/mol. The Bertz CT molecular complexity index is 1720. The second-order valence-electron chi connectivity index (χ2n) is 14.5. The Kier molecular flexibility index (Phi) is 7.47. The molecule has 0 aliphatic heterocycles. The van der Waals surface area contributed by atoms with Crippen molar-refractivity contribution < 1.29 is 12.6 Å². The van der Waals surface area contributed by atoms with Crippen LogP contribution in [0.2, 0.25) is 21.4 Å². The van der Waals surface area contributed by atoms with Gasteiger partial charge in [0.25, 0.3) is 0 Å². The molecule has 4 aromatic carbocycles. The number of hydrogen-bond acceptors (Lipinski definition) is 0. The minimum atomic E-state index is -6.10. The van der Waals surface area contributed by atoms with Crippen LogP contribution in [0.1, 0.15) is 70.0 Å². The van der Waals surface area contributed by atoms with Crippen LogP contribution in [0.4, 0.5) is 0 Å². The number of benzene rings is 4. The van der Waals surface area contributed by atoms with E-state index in [1.54, 1.807) is 0 Å². The quantitative estimate of drug-likeness (QED) is 0.151. The van der Waals surface area contributed by atoms with Crippen LogP contribution in [0.3, 0.4) is 0 Å². The first-order valence-corrected chi connectivity index (χ1v) is 36.5. The van der Waals surface area contributed by atoms with Crippen LogP contribution in [-0.4, -0.2) is 5.92 Å². The standard InChI is InChI=1S/2C17H15.C2H7Si.2C2H5.2ClH.Zr/c2*1-2-13-11-15-9-6-10-16(17(15)12-13)14-7-4-3-5-8-14;1-3-2;2*1-2;;;/h2*3-12H,2H2,1H3;3H,1-2H3;2*1H2,2H3;2*1H;/q;;;;;;;+2/p-2. The van der Waals surface area contributed by atoms with Crippen molar-refractivity contribution in [3.63, 3.8) is 0 Å². The molecule has 2 atom stereocenters. The average Bonchev–Trinajstić information content (AvgIpc) is 3.67. The van der Waals surface area contributed by atoms with Crippen molar-refractivity contribution in [2.24, 2.45) is 0 Å². The van der Waals surface area contributed by atoms with Gasteiger partial charge >= 0.3 is 270 Å². The summed E-state index contributed by atoms with van der Waals surface area (Å²) in [6, 6.07) is 35.5. The van der Waals surface area contributed by atoms with Gasteiger partial charge in [-0.25, -0.2) is 0 Å². The summed E-state index contributed by atoms with van der Waals surface area (Å²) in [5.74, 6) is -1.85. The fourth-order valence-corrected chi connectivity index (χ4v) is 65.7. The molecule has 0 saturated heterocycles. The van der Waals surface area contributed by atoms with E-state index < -0.39 is 18.5 Å². The van der Waals surface area contributed by atoms with Crippen LogP contribution in [0, 0.1) is 0 Å². The molecule has 0 spiro atoms. The molecule has 0 heterocycles. The summed E-state index contributed by atoms with van der Waals surface area (Å²) < 4.78 is 1.75. The molecule has 0 saturated carbocycles. The predicted octanol–water partition coefficient (Wildman–Crippen LogP) is 13.3. The second-order valence-corrected chi connectivity index (χ2v) is 81.5. The SMILES string of the molecule is CCC1=Cc2c(-c3ccccc3)cccc2[CH]1[Zr]([Cl])([Cl])([CH2]C)([CH2]C)([CH]1C(CC)=Cc2c(-c3ccccc3)cccc21)[SiH](C)C. The zero-order valence-corrected chi connectivity index (χ0v) is 32.3. The van der Waals surface area contributed by atoms with Gasteiger partial charge in [-0.05, 0) is 0 Å². The third-order valence-corrected chi connectivity index (χ3v) is 105. The molecule has 0 amide bonds. The number of rotatable bonds is 9. The average molecular weight is 718 g/mol. The first-order chi connectivity index (χ1) is 21.0. The van der Waals surface area contributed by atoms with E-state index in [1.165, 1.54) is 55.7 Å². The van der Waals surface area contributed by atoms with Crippen molar-refractivity contribution in [3.05, 3.63) is 130 Å². The summed E-state index contributed by atoms with van der Waals surface area (Å²) >= 11 is -6.10. The molecule has 2 unspecified atom stereocenters. The van der Waals surface area contributed by atoms with Crippen LogP contribution in [0.15, 0.2) is 108 Å². The molecule has 0 radical (unpaired) electrons. The number of hydrogen-bond donors (Lipinski definition) is 0. The molecule has 229 valence electrons. The predicted molar refractivity (Wildman–Crippen MR) is 197 cm³/mol. The Morgan fingerprint density at radius 1 is 0.545 bits per heavy atom. The van der Waals surface area contributed by atoms with E-state index in [1.807, 2.05) is 0 Å². The summed E-state index contributed by atoms with van der Waals surface area (Å²) in [5.41, 5.74) is 13.3. The third kappa shape index (κ3) is 3.84. The van der Waals surface area contributed by atoms with Gasteiger partial charge in [0.1, 0.15) is 0 Å². The van der Waals surface area contributed by atoms with Crippen molar-refractivity contribution in [3.8, 4) is 22.3 Å². The molecule has 4 heteroatoms. The maximum absolute atomic E-state index is 9.36. The molecule has 0 bridgehead atoms. The molecule has 4 aromatic rings. The van der Waals surface area contributed by atoms with E-state index in [0.29, 0.717) is 0 Å². The van der Waals surface area contributed by atoms with E-state index in [2.05, 4.69) is 150 Å². The summed E-state index contributed by atoms with van der Waals surface area (Å²) in [6.07, 6.45) is 6.87. The first-order valence-electron chi connectivity index (χ1n) is 16.8. The monoisotopic (exact) mass is 715 g/mol. The van der Waals surface area contributed by atoms with Crippen LogP contribution in [-0.2, 0) is 12.6 Å². The molecule has 2 aliphatic rings. The Balaban J connectivity index is 1.75. The van der Waals surface area contributed by atoms with Crippen LogP contribution in [0.25, 0.3) is 34.4 Å². The Labute approximate surface area is 267 Å². The van der Waals surface area contributed by atoms with Crippen molar-refractivity contribution in [1.29, 1.82) is 0 Å². The molecule has 2 aliphatic carbocycles. The van der Waals surface area contributed by atoms with Gasteiger partial charge in [0, 0.05) is 0 Å². The van der Waals surface area contributed by atoms with Crippen molar-refractivity contribution in [2.75, 3.05) is 0 Å². The summed E-state index contributed by atoms with van der Waals surface area (Å²) in [4.78, 5) is 0.